The second-order valence-electron chi connectivity index (χ2n) is 6.23. The fourth-order valence-corrected chi connectivity index (χ4v) is 4.24. The highest BCUT2D eigenvalue weighted by Crippen LogP contribution is 2.43. The molecule has 0 atom stereocenters. The Morgan fingerprint density at radius 2 is 1.33 bits per heavy atom. The average Bonchev–Trinajstić information content (AvgIpc) is 2.61. The summed E-state index contributed by atoms with van der Waals surface area (Å²) in [4.78, 5) is 2.16. The van der Waals surface area contributed by atoms with E-state index in [2.05, 4.69) is 108 Å². The largest absolute Gasteiger partial charge is 0.377 e. The molecule has 0 radical (unpaired) electrons. The maximum atomic E-state index is 3.88. The van der Waals surface area contributed by atoms with Crippen molar-refractivity contribution in [3.63, 3.8) is 0 Å². The number of nitrogens with zero attached hydrogens (tertiary/aromatic N) is 1. The first kappa shape index (κ1) is 15.2. The Morgan fingerprint density at radius 1 is 0.708 bits per heavy atom. The molecule has 4 aromatic carbocycles. The Kier molecular flexibility index (Phi) is 3.78. The Morgan fingerprint density at radius 3 is 2.08 bits per heavy atom. The molecule has 0 aliphatic carbocycles. The summed E-state index contributed by atoms with van der Waals surface area (Å²) in [6, 6.07) is 25.9. The molecule has 0 bridgehead atoms. The van der Waals surface area contributed by atoms with Gasteiger partial charge in [-0.1, -0.05) is 66.7 Å². The fraction of sp³-hybridized carbons (Fsp3) is 0.0909. The molecule has 24 heavy (non-hydrogen) atoms. The van der Waals surface area contributed by atoms with Crippen LogP contribution < -0.4 is 4.90 Å². The minimum Gasteiger partial charge on any atom is -0.377 e. The molecule has 0 saturated carbocycles. The first-order valence-corrected chi connectivity index (χ1v) is 8.83. The summed E-state index contributed by atoms with van der Waals surface area (Å²) in [5.74, 6) is 0. The number of benzene rings is 4. The number of hydrogen-bond acceptors (Lipinski definition) is 1. The zero-order chi connectivity index (χ0) is 16.7. The van der Waals surface area contributed by atoms with Crippen LogP contribution in [0.4, 0.5) is 5.69 Å². The van der Waals surface area contributed by atoms with Crippen LogP contribution in [0.15, 0.2) is 77.3 Å². The normalized spacial score (nSPS) is 11.1. The van der Waals surface area contributed by atoms with E-state index in [-0.39, 0.29) is 0 Å². The molecule has 0 unspecified atom stereocenters. The molecular formula is C22H18BrN. The molecule has 4 aromatic rings. The monoisotopic (exact) mass is 375 g/mol. The molecule has 4 rings (SSSR count). The van der Waals surface area contributed by atoms with Gasteiger partial charge in [0.15, 0.2) is 0 Å². The van der Waals surface area contributed by atoms with Gasteiger partial charge < -0.3 is 4.90 Å². The van der Waals surface area contributed by atoms with Gasteiger partial charge in [0.25, 0.3) is 0 Å². The van der Waals surface area contributed by atoms with Gasteiger partial charge in [0, 0.05) is 24.1 Å². The topological polar surface area (TPSA) is 3.24 Å². The highest BCUT2D eigenvalue weighted by molar-refractivity contribution is 9.10. The van der Waals surface area contributed by atoms with E-state index in [1.54, 1.807) is 0 Å². The number of fused-ring (bicyclic) bond motifs is 2. The van der Waals surface area contributed by atoms with Crippen LogP contribution in [0.1, 0.15) is 0 Å². The summed E-state index contributed by atoms with van der Waals surface area (Å²) in [5.41, 5.74) is 3.71. The number of anilines is 1. The van der Waals surface area contributed by atoms with Gasteiger partial charge in [-0.2, -0.15) is 0 Å². The zero-order valence-electron chi connectivity index (χ0n) is 13.8. The molecule has 0 amide bonds. The average molecular weight is 376 g/mol. The van der Waals surface area contributed by atoms with Crippen molar-refractivity contribution in [1.82, 2.24) is 0 Å². The first-order chi connectivity index (χ1) is 11.7. The van der Waals surface area contributed by atoms with Crippen LogP contribution in [0.25, 0.3) is 32.7 Å². The van der Waals surface area contributed by atoms with Crippen LogP contribution in [0, 0.1) is 0 Å². The molecule has 0 aromatic heterocycles. The molecule has 0 saturated heterocycles. The Hall–Kier alpha value is -2.32. The predicted octanol–water partition coefficient (Wildman–Crippen LogP) is 6.49. The lowest BCUT2D eigenvalue weighted by molar-refractivity contribution is 1.13. The van der Waals surface area contributed by atoms with Gasteiger partial charge in [0.1, 0.15) is 0 Å². The summed E-state index contributed by atoms with van der Waals surface area (Å²) in [5, 5.41) is 5.07. The third-order valence-corrected chi connectivity index (χ3v) is 5.31. The SMILES string of the molecule is CN(C)c1cc2ccccc2c(-c2cccc3ccccc23)c1Br. The maximum Gasteiger partial charge on any atom is 0.0518 e. The molecule has 0 aliphatic rings. The Balaban J connectivity index is 2.17. The van der Waals surface area contributed by atoms with Crippen molar-refractivity contribution in [2.75, 3.05) is 19.0 Å². The molecule has 0 fully saturated rings. The van der Waals surface area contributed by atoms with Gasteiger partial charge >= 0.3 is 0 Å². The van der Waals surface area contributed by atoms with E-state index in [0.717, 1.165) is 4.47 Å². The molecule has 118 valence electrons. The van der Waals surface area contributed by atoms with Crippen molar-refractivity contribution in [2.24, 2.45) is 0 Å². The van der Waals surface area contributed by atoms with Crippen molar-refractivity contribution in [3.05, 3.63) is 77.3 Å². The van der Waals surface area contributed by atoms with Crippen LogP contribution in [0.5, 0.6) is 0 Å². The van der Waals surface area contributed by atoms with Crippen LogP contribution in [-0.4, -0.2) is 14.1 Å². The van der Waals surface area contributed by atoms with Gasteiger partial charge in [-0.15, -0.1) is 0 Å². The van der Waals surface area contributed by atoms with Gasteiger partial charge in [0.2, 0.25) is 0 Å². The summed E-state index contributed by atoms with van der Waals surface area (Å²) < 4.78 is 1.14. The third kappa shape index (κ3) is 2.38. The van der Waals surface area contributed by atoms with E-state index < -0.39 is 0 Å². The van der Waals surface area contributed by atoms with Crippen molar-refractivity contribution in [1.29, 1.82) is 0 Å². The van der Waals surface area contributed by atoms with Crippen molar-refractivity contribution < 1.29 is 0 Å². The third-order valence-electron chi connectivity index (χ3n) is 4.51. The molecule has 2 heteroatoms. The molecule has 1 nitrogen and oxygen atoms in total. The van der Waals surface area contributed by atoms with Crippen molar-refractivity contribution in [2.45, 2.75) is 0 Å². The quantitative estimate of drug-likeness (QED) is 0.387. The Bertz CT molecular complexity index is 1040. The van der Waals surface area contributed by atoms with Crippen LogP contribution in [0.3, 0.4) is 0 Å². The van der Waals surface area contributed by atoms with Crippen LogP contribution in [-0.2, 0) is 0 Å². The lowest BCUT2D eigenvalue weighted by Gasteiger charge is -2.20. The van der Waals surface area contributed by atoms with Gasteiger partial charge in [0.05, 0.1) is 5.69 Å². The second-order valence-corrected chi connectivity index (χ2v) is 7.02. The van der Waals surface area contributed by atoms with Gasteiger partial charge in [-0.3, -0.25) is 0 Å². The van der Waals surface area contributed by atoms with Crippen LogP contribution >= 0.6 is 15.9 Å². The maximum absolute atomic E-state index is 3.88. The summed E-state index contributed by atoms with van der Waals surface area (Å²) in [6.45, 7) is 0. The van der Waals surface area contributed by atoms with E-state index in [4.69, 9.17) is 0 Å². The van der Waals surface area contributed by atoms with Gasteiger partial charge in [-0.25, -0.2) is 0 Å². The summed E-state index contributed by atoms with van der Waals surface area (Å²) in [7, 11) is 4.17. The molecule has 0 spiro atoms. The minimum atomic E-state index is 1.14. The molecular weight excluding hydrogens is 358 g/mol. The predicted molar refractivity (Wildman–Crippen MR) is 109 cm³/mol. The van der Waals surface area contributed by atoms with Crippen LogP contribution in [0.2, 0.25) is 0 Å². The van der Waals surface area contributed by atoms with E-state index >= 15 is 0 Å². The van der Waals surface area contributed by atoms with E-state index in [1.165, 1.54) is 38.4 Å². The minimum absolute atomic E-state index is 1.14. The highest BCUT2D eigenvalue weighted by Gasteiger charge is 2.16. The standard InChI is InChI=1S/C22H18BrN/c1-24(2)20-14-16-9-4-6-12-18(16)21(22(20)23)19-13-7-10-15-8-3-5-11-17(15)19/h3-14H,1-2H3. The van der Waals surface area contributed by atoms with Crippen molar-refractivity contribution in [3.8, 4) is 11.1 Å². The molecule has 0 N–H and O–H groups in total. The highest BCUT2D eigenvalue weighted by atomic mass is 79.9. The Labute approximate surface area is 150 Å². The van der Waals surface area contributed by atoms with E-state index in [9.17, 15) is 0 Å². The van der Waals surface area contributed by atoms with E-state index in [0.29, 0.717) is 0 Å². The first-order valence-electron chi connectivity index (χ1n) is 8.03. The summed E-state index contributed by atoms with van der Waals surface area (Å²) >= 11 is 3.88. The molecule has 0 aliphatic heterocycles. The summed E-state index contributed by atoms with van der Waals surface area (Å²) in [6.07, 6.45) is 0. The van der Waals surface area contributed by atoms with E-state index in [1.807, 2.05) is 0 Å². The number of rotatable bonds is 2. The number of halogens is 1. The number of hydrogen-bond donors (Lipinski definition) is 0. The molecule has 0 heterocycles. The lowest BCUT2D eigenvalue weighted by Crippen LogP contribution is -2.09. The fourth-order valence-electron chi connectivity index (χ4n) is 3.34. The smallest absolute Gasteiger partial charge is 0.0518 e. The second kappa shape index (κ2) is 5.95. The van der Waals surface area contributed by atoms with Gasteiger partial charge in [-0.05, 0) is 49.1 Å². The zero-order valence-corrected chi connectivity index (χ0v) is 15.3. The van der Waals surface area contributed by atoms with Crippen molar-refractivity contribution >= 4 is 43.2 Å². The lowest BCUT2D eigenvalue weighted by atomic mass is 9.93.